The molecule has 0 amide bonds. The maximum atomic E-state index is 7.42. The van der Waals surface area contributed by atoms with Crippen molar-refractivity contribution in [1.82, 2.24) is 4.98 Å². The Bertz CT molecular complexity index is 402. The highest BCUT2D eigenvalue weighted by molar-refractivity contribution is 5.95. The first-order chi connectivity index (χ1) is 7.88. The third-order valence-corrected chi connectivity index (χ3v) is 2.37. The molecule has 1 unspecified atom stereocenters. The van der Waals surface area contributed by atoms with Crippen molar-refractivity contribution in [3.63, 3.8) is 0 Å². The monoisotopic (exact) mass is 235 g/mol. The quantitative estimate of drug-likeness (QED) is 0.608. The number of ether oxygens (including phenoxy) is 1. The van der Waals surface area contributed by atoms with Gasteiger partial charge in [0.25, 0.3) is 0 Å². The van der Waals surface area contributed by atoms with Gasteiger partial charge in [0.15, 0.2) is 0 Å². The molecule has 0 fully saturated rings. The van der Waals surface area contributed by atoms with Gasteiger partial charge in [0.05, 0.1) is 6.10 Å². The maximum Gasteiger partial charge on any atom is 0.214 e. The molecule has 0 radical (unpaired) electrons. The molecule has 1 heterocycles. The highest BCUT2D eigenvalue weighted by Crippen LogP contribution is 2.16. The van der Waals surface area contributed by atoms with Crippen molar-refractivity contribution < 1.29 is 4.74 Å². The minimum absolute atomic E-state index is 0.0388. The molecule has 4 heteroatoms. The molecule has 0 aromatic carbocycles. The number of nitrogens with one attached hydrogen (secondary N) is 1. The van der Waals surface area contributed by atoms with Gasteiger partial charge < -0.3 is 10.5 Å². The lowest BCUT2D eigenvalue weighted by atomic mass is 10.1. The van der Waals surface area contributed by atoms with Crippen molar-refractivity contribution in [2.24, 2.45) is 11.7 Å². The van der Waals surface area contributed by atoms with Crippen LogP contribution in [0, 0.1) is 18.3 Å². The SMILES string of the molecule is Cc1cc(C(=N)N)cc(OC(C)CC(C)C)n1. The highest BCUT2D eigenvalue weighted by Gasteiger charge is 2.09. The fraction of sp³-hybridized carbons (Fsp3) is 0.538. The van der Waals surface area contributed by atoms with Crippen LogP contribution in [-0.4, -0.2) is 16.9 Å². The molecule has 17 heavy (non-hydrogen) atoms. The van der Waals surface area contributed by atoms with Crippen molar-refractivity contribution in [3.05, 3.63) is 23.4 Å². The molecule has 0 aliphatic heterocycles. The second-order valence-corrected chi connectivity index (χ2v) is 4.81. The Morgan fingerprint density at radius 1 is 1.41 bits per heavy atom. The maximum absolute atomic E-state index is 7.42. The van der Waals surface area contributed by atoms with Gasteiger partial charge >= 0.3 is 0 Å². The third-order valence-electron chi connectivity index (χ3n) is 2.37. The predicted octanol–water partition coefficient (Wildman–Crippen LogP) is 2.49. The van der Waals surface area contributed by atoms with Crippen LogP contribution in [0.2, 0.25) is 0 Å². The first-order valence-corrected chi connectivity index (χ1v) is 5.88. The Hall–Kier alpha value is -1.58. The minimum Gasteiger partial charge on any atom is -0.475 e. The number of nitrogens with zero attached hydrogens (tertiary/aromatic N) is 1. The van der Waals surface area contributed by atoms with E-state index >= 15 is 0 Å². The van der Waals surface area contributed by atoms with E-state index in [-0.39, 0.29) is 11.9 Å². The molecule has 94 valence electrons. The summed E-state index contributed by atoms with van der Waals surface area (Å²) in [7, 11) is 0. The number of aromatic nitrogens is 1. The Balaban J connectivity index is 2.80. The Labute approximate surface area is 103 Å². The van der Waals surface area contributed by atoms with Crippen LogP contribution in [0.4, 0.5) is 0 Å². The van der Waals surface area contributed by atoms with E-state index in [0.717, 1.165) is 12.1 Å². The zero-order valence-electron chi connectivity index (χ0n) is 10.9. The van der Waals surface area contributed by atoms with Crippen LogP contribution in [0.15, 0.2) is 12.1 Å². The number of hydrogen-bond acceptors (Lipinski definition) is 3. The van der Waals surface area contributed by atoms with Gasteiger partial charge in [-0.3, -0.25) is 5.41 Å². The second-order valence-electron chi connectivity index (χ2n) is 4.81. The molecule has 0 saturated carbocycles. The van der Waals surface area contributed by atoms with Crippen molar-refractivity contribution in [2.75, 3.05) is 0 Å². The summed E-state index contributed by atoms with van der Waals surface area (Å²) in [5, 5.41) is 7.42. The van der Waals surface area contributed by atoms with E-state index < -0.39 is 0 Å². The number of rotatable bonds is 5. The summed E-state index contributed by atoms with van der Waals surface area (Å²) in [5.74, 6) is 1.17. The Kier molecular flexibility index (Phi) is 4.49. The molecule has 0 spiro atoms. The van der Waals surface area contributed by atoms with Gasteiger partial charge in [-0.1, -0.05) is 13.8 Å². The van der Waals surface area contributed by atoms with Gasteiger partial charge in [-0.05, 0) is 32.3 Å². The van der Waals surface area contributed by atoms with Crippen molar-refractivity contribution >= 4 is 5.84 Å². The molecule has 3 N–H and O–H groups in total. The van der Waals surface area contributed by atoms with E-state index in [0.29, 0.717) is 17.4 Å². The minimum atomic E-state index is 0.0388. The first kappa shape index (κ1) is 13.5. The number of amidine groups is 1. The van der Waals surface area contributed by atoms with E-state index in [1.54, 1.807) is 12.1 Å². The Morgan fingerprint density at radius 3 is 2.59 bits per heavy atom. The average molecular weight is 235 g/mol. The largest absolute Gasteiger partial charge is 0.475 e. The molecule has 1 rings (SSSR count). The van der Waals surface area contributed by atoms with Crippen LogP contribution in [0.1, 0.15) is 38.4 Å². The fourth-order valence-corrected chi connectivity index (χ4v) is 1.77. The van der Waals surface area contributed by atoms with Crippen LogP contribution < -0.4 is 10.5 Å². The summed E-state index contributed by atoms with van der Waals surface area (Å²) >= 11 is 0. The lowest BCUT2D eigenvalue weighted by molar-refractivity contribution is 0.185. The van der Waals surface area contributed by atoms with Crippen molar-refractivity contribution in [2.45, 2.75) is 40.2 Å². The molecule has 1 aromatic rings. The summed E-state index contributed by atoms with van der Waals surface area (Å²) in [6.07, 6.45) is 1.09. The number of aryl methyl sites for hydroxylation is 1. The summed E-state index contributed by atoms with van der Waals surface area (Å²) in [6.45, 7) is 8.21. The smallest absolute Gasteiger partial charge is 0.214 e. The predicted molar refractivity (Wildman–Crippen MR) is 69.5 cm³/mol. The van der Waals surface area contributed by atoms with Crippen molar-refractivity contribution in [1.29, 1.82) is 5.41 Å². The van der Waals surface area contributed by atoms with Gasteiger partial charge in [0.2, 0.25) is 5.88 Å². The summed E-state index contributed by atoms with van der Waals surface area (Å²) < 4.78 is 5.73. The van der Waals surface area contributed by atoms with E-state index in [1.807, 2.05) is 13.8 Å². The van der Waals surface area contributed by atoms with Crippen LogP contribution >= 0.6 is 0 Å². The molecule has 1 atom stereocenters. The number of pyridine rings is 1. The number of hydrogen-bond donors (Lipinski definition) is 2. The lowest BCUT2D eigenvalue weighted by Gasteiger charge is -2.16. The van der Waals surface area contributed by atoms with Crippen molar-refractivity contribution in [3.8, 4) is 5.88 Å². The van der Waals surface area contributed by atoms with E-state index in [1.165, 1.54) is 0 Å². The molecule has 0 bridgehead atoms. The number of nitrogen functional groups attached to an aromatic ring is 1. The van der Waals surface area contributed by atoms with E-state index in [2.05, 4.69) is 18.8 Å². The molecule has 0 aliphatic carbocycles. The standard InChI is InChI=1S/C13H21N3O/c1-8(2)5-10(4)17-12-7-11(13(14)15)6-9(3)16-12/h6-8,10H,5H2,1-4H3,(H3,14,15). The van der Waals surface area contributed by atoms with Gasteiger partial charge in [0.1, 0.15) is 5.84 Å². The normalized spacial score (nSPS) is 12.5. The van der Waals surface area contributed by atoms with Gasteiger partial charge in [-0.2, -0.15) is 0 Å². The van der Waals surface area contributed by atoms with E-state index in [9.17, 15) is 0 Å². The number of nitrogens with two attached hydrogens (primary N) is 1. The van der Waals surface area contributed by atoms with Crippen LogP contribution in [0.25, 0.3) is 0 Å². The fourth-order valence-electron chi connectivity index (χ4n) is 1.77. The molecule has 1 aromatic heterocycles. The molecule has 4 nitrogen and oxygen atoms in total. The zero-order valence-corrected chi connectivity index (χ0v) is 10.9. The molecular formula is C13H21N3O. The van der Waals surface area contributed by atoms with Crippen LogP contribution in [0.5, 0.6) is 5.88 Å². The van der Waals surface area contributed by atoms with Gasteiger partial charge in [-0.25, -0.2) is 4.98 Å². The lowest BCUT2D eigenvalue weighted by Crippen LogP contribution is -2.17. The average Bonchev–Trinajstić information content (AvgIpc) is 2.14. The summed E-state index contributed by atoms with van der Waals surface area (Å²) in [5.41, 5.74) is 6.93. The van der Waals surface area contributed by atoms with Crippen LogP contribution in [-0.2, 0) is 0 Å². The highest BCUT2D eigenvalue weighted by atomic mass is 16.5. The van der Waals surface area contributed by atoms with Gasteiger partial charge in [0, 0.05) is 17.3 Å². The second kappa shape index (κ2) is 5.66. The van der Waals surface area contributed by atoms with E-state index in [4.69, 9.17) is 15.9 Å². The first-order valence-electron chi connectivity index (χ1n) is 5.88. The topological polar surface area (TPSA) is 72.0 Å². The third kappa shape index (κ3) is 4.43. The summed E-state index contributed by atoms with van der Waals surface area (Å²) in [6, 6.07) is 3.49. The zero-order chi connectivity index (χ0) is 13.0. The molecular weight excluding hydrogens is 214 g/mol. The Morgan fingerprint density at radius 2 is 2.06 bits per heavy atom. The summed E-state index contributed by atoms with van der Waals surface area (Å²) in [4.78, 5) is 4.29. The molecule has 0 saturated heterocycles. The molecule has 0 aliphatic rings. The van der Waals surface area contributed by atoms with Gasteiger partial charge in [-0.15, -0.1) is 0 Å². The van der Waals surface area contributed by atoms with Crippen LogP contribution in [0.3, 0.4) is 0 Å².